The zero-order valence-corrected chi connectivity index (χ0v) is 17.8. The second-order valence-electron chi connectivity index (χ2n) is 7.16. The summed E-state index contributed by atoms with van der Waals surface area (Å²) in [5.74, 6) is -0.286. The van der Waals surface area contributed by atoms with E-state index in [0.717, 1.165) is 13.0 Å². The number of benzene rings is 2. The summed E-state index contributed by atoms with van der Waals surface area (Å²) in [5, 5.41) is 16.2. The molecule has 0 heterocycles. The summed E-state index contributed by atoms with van der Waals surface area (Å²) in [4.78, 5) is 36.9. The Hall–Kier alpha value is -3.72. The van der Waals surface area contributed by atoms with E-state index in [-0.39, 0.29) is 16.9 Å². The topological polar surface area (TPSA) is 115 Å². The van der Waals surface area contributed by atoms with E-state index in [1.807, 2.05) is 14.1 Å². The molecule has 9 heteroatoms. The molecule has 0 aromatic heterocycles. The summed E-state index contributed by atoms with van der Waals surface area (Å²) in [6.45, 7) is 1.37. The molecule has 9 nitrogen and oxygen atoms in total. The summed E-state index contributed by atoms with van der Waals surface area (Å²) in [6.07, 6.45) is 2.36. The van der Waals surface area contributed by atoms with Crippen LogP contribution < -0.4 is 20.3 Å². The Morgan fingerprint density at radius 1 is 1.10 bits per heavy atom. The van der Waals surface area contributed by atoms with Crippen molar-refractivity contribution >= 4 is 23.6 Å². The smallest absolute Gasteiger partial charge is 0.269 e. The van der Waals surface area contributed by atoms with Crippen LogP contribution in [0, 0.1) is 10.1 Å². The van der Waals surface area contributed by atoms with Crippen molar-refractivity contribution in [1.82, 2.24) is 10.6 Å². The standard InChI is InChI=1S/C22H26N4O5/c1-25(2)14-4-13-23-22(28)20(15-16-5-11-19(31-3)12-6-16)24-21(27)17-7-9-18(10-8-17)26(29)30/h5-12,15H,4,13-14H2,1-3H3,(H,23,28)(H,24,27)/p+1/b20-15-. The predicted octanol–water partition coefficient (Wildman–Crippen LogP) is 1.03. The first-order valence-corrected chi connectivity index (χ1v) is 9.79. The van der Waals surface area contributed by atoms with E-state index in [0.29, 0.717) is 17.9 Å². The maximum absolute atomic E-state index is 12.7. The van der Waals surface area contributed by atoms with Crippen LogP contribution in [0.1, 0.15) is 22.3 Å². The van der Waals surface area contributed by atoms with Crippen LogP contribution >= 0.6 is 0 Å². The van der Waals surface area contributed by atoms with Gasteiger partial charge in [-0.05, 0) is 35.9 Å². The third kappa shape index (κ3) is 7.56. The van der Waals surface area contributed by atoms with E-state index in [1.54, 1.807) is 37.5 Å². The molecule has 3 N–H and O–H groups in total. The molecule has 0 aliphatic carbocycles. The second kappa shape index (κ2) is 11.5. The van der Waals surface area contributed by atoms with Gasteiger partial charge >= 0.3 is 0 Å². The van der Waals surface area contributed by atoms with Crippen LogP contribution in [-0.2, 0) is 4.79 Å². The van der Waals surface area contributed by atoms with Gasteiger partial charge in [0.05, 0.1) is 32.7 Å². The van der Waals surface area contributed by atoms with Crippen LogP contribution in [0.15, 0.2) is 54.2 Å². The lowest BCUT2D eigenvalue weighted by molar-refractivity contribution is -0.858. The minimum atomic E-state index is -0.542. The van der Waals surface area contributed by atoms with Gasteiger partial charge < -0.3 is 20.3 Å². The summed E-state index contributed by atoms with van der Waals surface area (Å²) in [7, 11) is 5.62. The van der Waals surface area contributed by atoms with E-state index in [1.165, 1.54) is 29.2 Å². The summed E-state index contributed by atoms with van der Waals surface area (Å²) in [5.41, 5.74) is 0.861. The highest BCUT2D eigenvalue weighted by Gasteiger charge is 2.16. The Morgan fingerprint density at radius 3 is 2.29 bits per heavy atom. The van der Waals surface area contributed by atoms with Crippen molar-refractivity contribution in [2.75, 3.05) is 34.3 Å². The lowest BCUT2D eigenvalue weighted by Gasteiger charge is -2.12. The first-order chi connectivity index (χ1) is 14.8. The summed E-state index contributed by atoms with van der Waals surface area (Å²) < 4.78 is 5.14. The van der Waals surface area contributed by atoms with Gasteiger partial charge in [0.25, 0.3) is 17.5 Å². The molecule has 0 spiro atoms. The highest BCUT2D eigenvalue weighted by molar-refractivity contribution is 6.05. The van der Waals surface area contributed by atoms with Gasteiger partial charge in [0.15, 0.2) is 0 Å². The number of methoxy groups -OCH3 is 1. The molecule has 0 saturated heterocycles. The van der Waals surface area contributed by atoms with Gasteiger partial charge in [-0.2, -0.15) is 0 Å². The lowest BCUT2D eigenvalue weighted by atomic mass is 10.1. The van der Waals surface area contributed by atoms with Gasteiger partial charge in [0, 0.05) is 30.7 Å². The van der Waals surface area contributed by atoms with Gasteiger partial charge in [0.1, 0.15) is 11.4 Å². The highest BCUT2D eigenvalue weighted by atomic mass is 16.6. The van der Waals surface area contributed by atoms with Crippen LogP contribution in [0.3, 0.4) is 0 Å². The van der Waals surface area contributed by atoms with Gasteiger partial charge in [-0.1, -0.05) is 12.1 Å². The molecule has 0 unspecified atom stereocenters. The summed E-state index contributed by atoms with van der Waals surface area (Å²) >= 11 is 0. The largest absolute Gasteiger partial charge is 0.497 e. The van der Waals surface area contributed by atoms with Crippen LogP contribution in [0.4, 0.5) is 5.69 Å². The van der Waals surface area contributed by atoms with E-state index in [9.17, 15) is 19.7 Å². The van der Waals surface area contributed by atoms with Crippen molar-refractivity contribution in [2.24, 2.45) is 0 Å². The van der Waals surface area contributed by atoms with Crippen molar-refractivity contribution in [1.29, 1.82) is 0 Å². The van der Waals surface area contributed by atoms with E-state index in [4.69, 9.17) is 4.74 Å². The number of hydrogen-bond acceptors (Lipinski definition) is 5. The molecule has 0 atom stereocenters. The number of nitrogens with zero attached hydrogens (tertiary/aromatic N) is 1. The van der Waals surface area contributed by atoms with Crippen molar-refractivity contribution in [3.05, 3.63) is 75.5 Å². The predicted molar refractivity (Wildman–Crippen MR) is 117 cm³/mol. The van der Waals surface area contributed by atoms with Crippen molar-refractivity contribution in [3.63, 3.8) is 0 Å². The number of nitro benzene ring substituents is 1. The molecule has 0 aliphatic heterocycles. The van der Waals surface area contributed by atoms with Gasteiger partial charge in [-0.25, -0.2) is 0 Å². The van der Waals surface area contributed by atoms with E-state index in [2.05, 4.69) is 10.6 Å². The van der Waals surface area contributed by atoms with Crippen LogP contribution in [0.25, 0.3) is 6.08 Å². The van der Waals surface area contributed by atoms with Crippen molar-refractivity contribution in [3.8, 4) is 5.75 Å². The number of carbonyl (C=O) groups excluding carboxylic acids is 2. The van der Waals surface area contributed by atoms with Gasteiger partial charge in [-0.3, -0.25) is 19.7 Å². The third-order valence-corrected chi connectivity index (χ3v) is 4.40. The molecule has 0 saturated carbocycles. The lowest BCUT2D eigenvalue weighted by Crippen LogP contribution is -3.05. The summed E-state index contributed by atoms with van der Waals surface area (Å²) in [6, 6.07) is 12.2. The Balaban J connectivity index is 2.18. The zero-order chi connectivity index (χ0) is 22.8. The molecule has 2 aromatic carbocycles. The first-order valence-electron chi connectivity index (χ1n) is 9.79. The fraction of sp³-hybridized carbons (Fsp3) is 0.273. The van der Waals surface area contributed by atoms with Crippen LogP contribution in [0.2, 0.25) is 0 Å². The third-order valence-electron chi connectivity index (χ3n) is 4.40. The molecule has 0 aliphatic rings. The molecule has 164 valence electrons. The second-order valence-corrected chi connectivity index (χ2v) is 7.16. The maximum atomic E-state index is 12.7. The molecule has 2 rings (SSSR count). The monoisotopic (exact) mass is 427 g/mol. The number of ether oxygens (including phenoxy) is 1. The number of nitrogens with one attached hydrogen (secondary N) is 3. The number of rotatable bonds is 10. The number of hydrogen-bond donors (Lipinski definition) is 3. The van der Waals surface area contributed by atoms with Crippen molar-refractivity contribution < 1.29 is 24.1 Å². The number of amides is 2. The maximum Gasteiger partial charge on any atom is 0.269 e. The Bertz CT molecular complexity index is 937. The average molecular weight is 427 g/mol. The molecular formula is C22H27N4O5+. The van der Waals surface area contributed by atoms with Crippen molar-refractivity contribution in [2.45, 2.75) is 6.42 Å². The molecule has 2 amide bonds. The fourth-order valence-corrected chi connectivity index (χ4v) is 2.69. The molecule has 0 bridgehead atoms. The van der Waals surface area contributed by atoms with Gasteiger partial charge in [-0.15, -0.1) is 0 Å². The molecular weight excluding hydrogens is 400 g/mol. The number of nitro groups is 1. The number of non-ortho nitro benzene ring substituents is 1. The molecule has 31 heavy (non-hydrogen) atoms. The Labute approximate surface area is 180 Å². The minimum Gasteiger partial charge on any atom is -0.497 e. The van der Waals surface area contributed by atoms with E-state index >= 15 is 0 Å². The van der Waals surface area contributed by atoms with E-state index < -0.39 is 16.7 Å². The SMILES string of the molecule is COc1ccc(/C=C(\NC(=O)c2ccc([N+](=O)[O-])cc2)C(=O)NCCC[NH+](C)C)cc1. The quantitative estimate of drug-likeness (QED) is 0.227. The molecule has 2 aromatic rings. The van der Waals surface area contributed by atoms with Gasteiger partial charge in [0.2, 0.25) is 0 Å². The Morgan fingerprint density at radius 2 is 1.74 bits per heavy atom. The average Bonchev–Trinajstić information content (AvgIpc) is 2.76. The van der Waals surface area contributed by atoms with Crippen LogP contribution in [-0.4, -0.2) is 51.0 Å². The normalized spacial score (nSPS) is 11.2. The fourth-order valence-electron chi connectivity index (χ4n) is 2.69. The number of quaternary nitrogens is 1. The van der Waals surface area contributed by atoms with Crippen LogP contribution in [0.5, 0.6) is 5.75 Å². The highest BCUT2D eigenvalue weighted by Crippen LogP contribution is 2.15. The minimum absolute atomic E-state index is 0.0747. The first kappa shape index (κ1) is 23.6. The molecule has 0 radical (unpaired) electrons. The number of carbonyl (C=O) groups is 2. The Kier molecular flexibility index (Phi) is 8.71. The molecule has 0 fully saturated rings. The zero-order valence-electron chi connectivity index (χ0n) is 17.8.